The Morgan fingerprint density at radius 1 is 1.43 bits per heavy atom. The summed E-state index contributed by atoms with van der Waals surface area (Å²) in [5, 5.41) is 6.67. The first kappa shape index (κ1) is 13.8. The summed E-state index contributed by atoms with van der Waals surface area (Å²) in [7, 11) is 1.59. The third kappa shape index (κ3) is 2.81. The molecule has 0 aliphatic heterocycles. The lowest BCUT2D eigenvalue weighted by molar-refractivity contribution is 0.102. The molecular formula is C15H14N2O3S. The van der Waals surface area contributed by atoms with E-state index in [2.05, 4.69) is 10.3 Å². The van der Waals surface area contributed by atoms with Crippen molar-refractivity contribution in [2.75, 3.05) is 12.4 Å². The molecule has 108 valence electrons. The second-order valence-electron chi connectivity index (χ2n) is 4.65. The molecule has 1 N–H and O–H groups in total. The monoisotopic (exact) mass is 302 g/mol. The predicted octanol–water partition coefficient (Wildman–Crippen LogP) is 3.60. The first-order chi connectivity index (χ1) is 10.2. The molecule has 0 atom stereocenters. The zero-order valence-electron chi connectivity index (χ0n) is 11.7. The molecule has 21 heavy (non-hydrogen) atoms. The Balaban J connectivity index is 1.84. The maximum atomic E-state index is 12.2. The van der Waals surface area contributed by atoms with Crippen molar-refractivity contribution in [3.63, 3.8) is 0 Å². The van der Waals surface area contributed by atoms with Gasteiger partial charge >= 0.3 is 0 Å². The number of anilines is 1. The molecule has 1 amide bonds. The summed E-state index contributed by atoms with van der Waals surface area (Å²) in [4.78, 5) is 16.5. The van der Waals surface area contributed by atoms with Crippen LogP contribution in [0.2, 0.25) is 0 Å². The van der Waals surface area contributed by atoms with Crippen LogP contribution in [0.25, 0.3) is 11.1 Å². The van der Waals surface area contributed by atoms with Gasteiger partial charge in [0, 0.05) is 18.2 Å². The van der Waals surface area contributed by atoms with Crippen LogP contribution in [0.4, 0.5) is 5.69 Å². The van der Waals surface area contributed by atoms with Crippen LogP contribution in [-0.4, -0.2) is 18.0 Å². The number of nitrogens with zero attached hydrogens (tertiary/aromatic N) is 1. The first-order valence-electron chi connectivity index (χ1n) is 6.40. The lowest BCUT2D eigenvalue weighted by Gasteiger charge is -2.04. The predicted molar refractivity (Wildman–Crippen MR) is 81.7 cm³/mol. The van der Waals surface area contributed by atoms with Crippen LogP contribution >= 0.6 is 11.3 Å². The lowest BCUT2D eigenvalue weighted by Crippen LogP contribution is -2.11. The van der Waals surface area contributed by atoms with Crippen LogP contribution < -0.4 is 5.32 Å². The standard InChI is InChI=1S/C15H14N2O3S/c1-9-7-21-8-11(9)15(18)16-10-3-4-13-12(5-10)17-14(20-13)6-19-2/h3-5,7-8H,6H2,1-2H3,(H,16,18). The lowest BCUT2D eigenvalue weighted by atomic mass is 10.2. The summed E-state index contributed by atoms with van der Waals surface area (Å²) >= 11 is 1.51. The summed E-state index contributed by atoms with van der Waals surface area (Å²) in [5.41, 5.74) is 3.73. The van der Waals surface area contributed by atoms with Crippen molar-refractivity contribution in [1.29, 1.82) is 0 Å². The van der Waals surface area contributed by atoms with E-state index >= 15 is 0 Å². The van der Waals surface area contributed by atoms with Crippen LogP contribution in [0.5, 0.6) is 0 Å². The van der Waals surface area contributed by atoms with Gasteiger partial charge in [0.2, 0.25) is 5.89 Å². The van der Waals surface area contributed by atoms with Crippen LogP contribution in [0, 0.1) is 6.92 Å². The van der Waals surface area contributed by atoms with E-state index in [1.54, 1.807) is 25.3 Å². The molecule has 0 spiro atoms. The van der Waals surface area contributed by atoms with Gasteiger partial charge in [-0.2, -0.15) is 11.3 Å². The van der Waals surface area contributed by atoms with Gasteiger partial charge in [0.1, 0.15) is 12.1 Å². The normalized spacial score (nSPS) is 11.0. The molecule has 1 aromatic carbocycles. The fraction of sp³-hybridized carbons (Fsp3) is 0.200. The quantitative estimate of drug-likeness (QED) is 0.800. The van der Waals surface area contributed by atoms with Gasteiger partial charge in [-0.3, -0.25) is 4.79 Å². The molecule has 2 aromatic heterocycles. The highest BCUT2D eigenvalue weighted by Gasteiger charge is 2.11. The number of hydrogen-bond acceptors (Lipinski definition) is 5. The van der Waals surface area contributed by atoms with Gasteiger partial charge in [0.15, 0.2) is 5.58 Å². The molecule has 0 aliphatic carbocycles. The van der Waals surface area contributed by atoms with Crippen LogP contribution in [0.15, 0.2) is 33.4 Å². The van der Waals surface area contributed by atoms with E-state index in [-0.39, 0.29) is 5.91 Å². The Kier molecular flexibility index (Phi) is 3.72. The van der Waals surface area contributed by atoms with Crippen molar-refractivity contribution in [2.45, 2.75) is 13.5 Å². The minimum atomic E-state index is -0.117. The topological polar surface area (TPSA) is 64.4 Å². The highest BCUT2D eigenvalue weighted by molar-refractivity contribution is 7.08. The molecule has 0 radical (unpaired) electrons. The molecule has 0 bridgehead atoms. The number of oxazole rings is 1. The Hall–Kier alpha value is -2.18. The summed E-state index contributed by atoms with van der Waals surface area (Å²) in [6.07, 6.45) is 0. The molecule has 5 nitrogen and oxygen atoms in total. The van der Waals surface area contributed by atoms with Crippen LogP contribution in [-0.2, 0) is 11.3 Å². The van der Waals surface area contributed by atoms with Gasteiger partial charge in [-0.25, -0.2) is 4.98 Å². The zero-order chi connectivity index (χ0) is 14.8. The molecule has 0 saturated carbocycles. The highest BCUT2D eigenvalue weighted by atomic mass is 32.1. The Morgan fingerprint density at radius 3 is 3.00 bits per heavy atom. The van der Waals surface area contributed by atoms with Crippen molar-refractivity contribution in [3.8, 4) is 0 Å². The van der Waals surface area contributed by atoms with Crippen molar-refractivity contribution in [1.82, 2.24) is 4.98 Å². The number of aromatic nitrogens is 1. The van der Waals surface area contributed by atoms with E-state index < -0.39 is 0 Å². The van der Waals surface area contributed by atoms with E-state index in [0.717, 1.165) is 5.56 Å². The van der Waals surface area contributed by atoms with Crippen LogP contribution in [0.1, 0.15) is 21.8 Å². The zero-order valence-corrected chi connectivity index (χ0v) is 12.5. The van der Waals surface area contributed by atoms with Crippen molar-refractivity contribution >= 4 is 34.0 Å². The number of hydrogen-bond donors (Lipinski definition) is 1. The average molecular weight is 302 g/mol. The summed E-state index contributed by atoms with van der Waals surface area (Å²) in [6.45, 7) is 2.24. The van der Waals surface area contributed by atoms with E-state index in [1.807, 2.05) is 17.7 Å². The number of thiophene rings is 1. The second-order valence-corrected chi connectivity index (χ2v) is 5.39. The Labute approximate surface area is 125 Å². The molecular weight excluding hydrogens is 288 g/mol. The Morgan fingerprint density at radius 2 is 2.29 bits per heavy atom. The number of aryl methyl sites for hydroxylation is 1. The molecule has 3 rings (SSSR count). The number of amides is 1. The van der Waals surface area contributed by atoms with Gasteiger partial charge < -0.3 is 14.5 Å². The van der Waals surface area contributed by atoms with Crippen LogP contribution in [0.3, 0.4) is 0 Å². The number of carbonyl (C=O) groups is 1. The van der Waals surface area contributed by atoms with Crippen molar-refractivity contribution in [2.24, 2.45) is 0 Å². The number of fused-ring (bicyclic) bond motifs is 1. The summed E-state index contributed by atoms with van der Waals surface area (Å²) < 4.78 is 10.5. The molecule has 0 saturated heterocycles. The largest absolute Gasteiger partial charge is 0.438 e. The number of benzene rings is 1. The number of rotatable bonds is 4. The SMILES string of the molecule is COCc1nc2cc(NC(=O)c3cscc3C)ccc2o1. The Bertz CT molecular complexity index is 791. The van der Waals surface area contributed by atoms with Gasteiger partial charge in [-0.15, -0.1) is 0 Å². The van der Waals surface area contributed by atoms with Gasteiger partial charge in [0.25, 0.3) is 5.91 Å². The molecule has 0 unspecified atom stereocenters. The number of methoxy groups -OCH3 is 1. The molecule has 0 fully saturated rings. The minimum Gasteiger partial charge on any atom is -0.438 e. The van der Waals surface area contributed by atoms with Gasteiger partial charge in [-0.1, -0.05) is 0 Å². The maximum absolute atomic E-state index is 12.2. The molecule has 3 aromatic rings. The first-order valence-corrected chi connectivity index (χ1v) is 7.34. The summed E-state index contributed by atoms with van der Waals surface area (Å²) in [5.74, 6) is 0.401. The number of nitrogens with one attached hydrogen (secondary N) is 1. The smallest absolute Gasteiger partial charge is 0.256 e. The highest BCUT2D eigenvalue weighted by Crippen LogP contribution is 2.22. The third-order valence-corrected chi connectivity index (χ3v) is 3.92. The van der Waals surface area contributed by atoms with Gasteiger partial charge in [0.05, 0.1) is 5.56 Å². The van der Waals surface area contributed by atoms with E-state index in [4.69, 9.17) is 9.15 Å². The molecule has 6 heteroatoms. The third-order valence-electron chi connectivity index (χ3n) is 3.06. The second kappa shape index (κ2) is 5.67. The average Bonchev–Trinajstić information content (AvgIpc) is 3.04. The van der Waals surface area contributed by atoms with Crippen molar-refractivity contribution < 1.29 is 13.9 Å². The van der Waals surface area contributed by atoms with E-state index in [0.29, 0.717) is 34.8 Å². The summed E-state index contributed by atoms with van der Waals surface area (Å²) in [6, 6.07) is 5.37. The fourth-order valence-corrected chi connectivity index (χ4v) is 2.86. The minimum absolute atomic E-state index is 0.117. The van der Waals surface area contributed by atoms with E-state index in [1.165, 1.54) is 11.3 Å². The molecule has 0 aliphatic rings. The maximum Gasteiger partial charge on any atom is 0.256 e. The van der Waals surface area contributed by atoms with Crippen molar-refractivity contribution in [3.05, 3.63) is 46.0 Å². The van der Waals surface area contributed by atoms with E-state index in [9.17, 15) is 4.79 Å². The number of ether oxygens (including phenoxy) is 1. The number of carbonyl (C=O) groups excluding carboxylic acids is 1. The van der Waals surface area contributed by atoms with Gasteiger partial charge in [-0.05, 0) is 36.1 Å². The molecule has 2 heterocycles. The fourth-order valence-electron chi connectivity index (χ4n) is 2.03.